The molecule has 2 aliphatic rings. The highest BCUT2D eigenvalue weighted by molar-refractivity contribution is 4.92. The molecule has 2 nitrogen and oxygen atoms in total. The Bertz CT molecular complexity index is 183. The predicted octanol–water partition coefficient (Wildman–Crippen LogP) is 1.67. The summed E-state index contributed by atoms with van der Waals surface area (Å²) in [5, 5.41) is 10.1. The SMILES string of the molecule is NC[C@]1(O)CC[C@H]2CCCC[C@@H]2C1. The molecule has 2 rings (SSSR count). The topological polar surface area (TPSA) is 46.2 Å². The maximum atomic E-state index is 10.1. The Hall–Kier alpha value is -0.0800. The third-order valence-corrected chi connectivity index (χ3v) is 4.07. The number of hydrogen-bond donors (Lipinski definition) is 2. The molecule has 2 heteroatoms. The van der Waals surface area contributed by atoms with E-state index in [0.717, 1.165) is 24.7 Å². The minimum absolute atomic E-state index is 0.455. The average Bonchev–Trinajstić information content (AvgIpc) is 2.18. The van der Waals surface area contributed by atoms with Crippen molar-refractivity contribution in [2.75, 3.05) is 6.54 Å². The van der Waals surface area contributed by atoms with E-state index < -0.39 is 5.60 Å². The summed E-state index contributed by atoms with van der Waals surface area (Å²) < 4.78 is 0. The largest absolute Gasteiger partial charge is 0.389 e. The summed E-state index contributed by atoms with van der Waals surface area (Å²) in [6, 6.07) is 0. The highest BCUT2D eigenvalue weighted by Gasteiger charge is 2.39. The average molecular weight is 183 g/mol. The fourth-order valence-corrected chi connectivity index (χ4v) is 3.16. The van der Waals surface area contributed by atoms with E-state index in [0.29, 0.717) is 6.54 Å². The van der Waals surface area contributed by atoms with Gasteiger partial charge in [0.15, 0.2) is 0 Å². The highest BCUT2D eigenvalue weighted by Crippen LogP contribution is 2.43. The molecular formula is C11H21NO. The molecular weight excluding hydrogens is 162 g/mol. The smallest absolute Gasteiger partial charge is 0.0772 e. The van der Waals surface area contributed by atoms with Crippen LogP contribution in [0.5, 0.6) is 0 Å². The Kier molecular flexibility index (Phi) is 2.61. The van der Waals surface area contributed by atoms with E-state index in [1.807, 2.05) is 0 Å². The molecule has 0 bridgehead atoms. The van der Waals surface area contributed by atoms with Crippen molar-refractivity contribution >= 4 is 0 Å². The third-order valence-electron chi connectivity index (χ3n) is 4.07. The Morgan fingerprint density at radius 2 is 1.85 bits per heavy atom. The normalized spacial score (nSPS) is 45.7. The van der Waals surface area contributed by atoms with Gasteiger partial charge in [0.25, 0.3) is 0 Å². The summed E-state index contributed by atoms with van der Waals surface area (Å²) in [5.74, 6) is 1.68. The Morgan fingerprint density at radius 1 is 1.15 bits per heavy atom. The van der Waals surface area contributed by atoms with Crippen LogP contribution in [0.3, 0.4) is 0 Å². The van der Waals surface area contributed by atoms with Gasteiger partial charge in [-0.15, -0.1) is 0 Å². The van der Waals surface area contributed by atoms with Crippen molar-refractivity contribution in [3.8, 4) is 0 Å². The molecule has 3 N–H and O–H groups in total. The summed E-state index contributed by atoms with van der Waals surface area (Å²) >= 11 is 0. The summed E-state index contributed by atoms with van der Waals surface area (Å²) in [6.07, 6.45) is 8.60. The zero-order valence-corrected chi connectivity index (χ0v) is 8.34. The van der Waals surface area contributed by atoms with Crippen molar-refractivity contribution in [3.63, 3.8) is 0 Å². The second kappa shape index (κ2) is 3.58. The predicted molar refractivity (Wildman–Crippen MR) is 53.3 cm³/mol. The van der Waals surface area contributed by atoms with Gasteiger partial charge in [0.2, 0.25) is 0 Å². The quantitative estimate of drug-likeness (QED) is 0.649. The van der Waals surface area contributed by atoms with Gasteiger partial charge in [0.1, 0.15) is 0 Å². The first-order valence-electron chi connectivity index (χ1n) is 5.66. The van der Waals surface area contributed by atoms with Crippen molar-refractivity contribution in [1.29, 1.82) is 0 Å². The molecule has 0 unspecified atom stereocenters. The van der Waals surface area contributed by atoms with Crippen LogP contribution in [-0.4, -0.2) is 17.3 Å². The molecule has 0 amide bonds. The standard InChI is InChI=1S/C11H21NO/c12-8-11(13)6-5-9-3-1-2-4-10(9)7-11/h9-10,13H,1-8,12H2/t9-,10-,11+/m1/s1. The first-order chi connectivity index (χ1) is 6.23. The van der Waals surface area contributed by atoms with Crippen LogP contribution in [0.25, 0.3) is 0 Å². The zero-order valence-electron chi connectivity index (χ0n) is 8.34. The lowest BCUT2D eigenvalue weighted by Gasteiger charge is -2.43. The highest BCUT2D eigenvalue weighted by atomic mass is 16.3. The van der Waals surface area contributed by atoms with Crippen LogP contribution in [0.15, 0.2) is 0 Å². The third kappa shape index (κ3) is 1.89. The maximum Gasteiger partial charge on any atom is 0.0772 e. The van der Waals surface area contributed by atoms with Crippen LogP contribution < -0.4 is 5.73 Å². The van der Waals surface area contributed by atoms with Crippen LogP contribution in [0, 0.1) is 11.8 Å². The molecule has 0 aromatic heterocycles. The van der Waals surface area contributed by atoms with E-state index >= 15 is 0 Å². The molecule has 2 aliphatic carbocycles. The molecule has 0 radical (unpaired) electrons. The second-order valence-electron chi connectivity index (χ2n) is 4.98. The van der Waals surface area contributed by atoms with E-state index in [1.54, 1.807) is 0 Å². The molecule has 0 aromatic rings. The van der Waals surface area contributed by atoms with Gasteiger partial charge < -0.3 is 10.8 Å². The summed E-state index contributed by atoms with van der Waals surface area (Å²) in [5.41, 5.74) is 5.09. The van der Waals surface area contributed by atoms with Gasteiger partial charge in [0.05, 0.1) is 5.60 Å². The molecule has 0 heterocycles. The van der Waals surface area contributed by atoms with Crippen molar-refractivity contribution in [2.24, 2.45) is 17.6 Å². The van der Waals surface area contributed by atoms with Gasteiger partial charge >= 0.3 is 0 Å². The lowest BCUT2D eigenvalue weighted by atomic mass is 9.66. The number of fused-ring (bicyclic) bond motifs is 1. The summed E-state index contributed by atoms with van der Waals surface area (Å²) in [4.78, 5) is 0. The molecule has 13 heavy (non-hydrogen) atoms. The van der Waals surface area contributed by atoms with Crippen LogP contribution in [-0.2, 0) is 0 Å². The maximum absolute atomic E-state index is 10.1. The number of hydrogen-bond acceptors (Lipinski definition) is 2. The summed E-state index contributed by atoms with van der Waals surface area (Å²) in [6.45, 7) is 0.455. The van der Waals surface area contributed by atoms with Crippen molar-refractivity contribution < 1.29 is 5.11 Å². The van der Waals surface area contributed by atoms with Crippen molar-refractivity contribution in [1.82, 2.24) is 0 Å². The van der Waals surface area contributed by atoms with Gasteiger partial charge in [-0.05, 0) is 31.1 Å². The van der Waals surface area contributed by atoms with E-state index in [1.165, 1.54) is 32.1 Å². The fourth-order valence-electron chi connectivity index (χ4n) is 3.16. The molecule has 0 saturated heterocycles. The number of nitrogens with two attached hydrogens (primary N) is 1. The molecule has 2 saturated carbocycles. The molecule has 0 aliphatic heterocycles. The first-order valence-corrected chi connectivity index (χ1v) is 5.66. The van der Waals surface area contributed by atoms with E-state index in [-0.39, 0.29) is 0 Å². The van der Waals surface area contributed by atoms with Gasteiger partial charge in [0, 0.05) is 6.54 Å². The second-order valence-corrected chi connectivity index (χ2v) is 4.98. The Labute approximate surface area is 80.5 Å². The van der Waals surface area contributed by atoms with Gasteiger partial charge in [-0.25, -0.2) is 0 Å². The molecule has 76 valence electrons. The molecule has 2 fully saturated rings. The lowest BCUT2D eigenvalue weighted by molar-refractivity contribution is -0.0378. The Morgan fingerprint density at radius 3 is 2.54 bits per heavy atom. The van der Waals surface area contributed by atoms with Gasteiger partial charge in [-0.3, -0.25) is 0 Å². The van der Waals surface area contributed by atoms with Gasteiger partial charge in [-0.2, -0.15) is 0 Å². The molecule has 3 atom stereocenters. The zero-order chi connectivity index (χ0) is 9.31. The van der Waals surface area contributed by atoms with Gasteiger partial charge in [-0.1, -0.05) is 25.7 Å². The minimum Gasteiger partial charge on any atom is -0.389 e. The van der Waals surface area contributed by atoms with Crippen LogP contribution in [0.1, 0.15) is 44.9 Å². The Balaban J connectivity index is 1.98. The van der Waals surface area contributed by atoms with Crippen LogP contribution in [0.4, 0.5) is 0 Å². The summed E-state index contributed by atoms with van der Waals surface area (Å²) in [7, 11) is 0. The van der Waals surface area contributed by atoms with Crippen LogP contribution >= 0.6 is 0 Å². The number of aliphatic hydroxyl groups is 1. The first kappa shape index (κ1) is 9.47. The van der Waals surface area contributed by atoms with E-state index in [9.17, 15) is 5.11 Å². The minimum atomic E-state index is -0.515. The van der Waals surface area contributed by atoms with Crippen LogP contribution in [0.2, 0.25) is 0 Å². The number of rotatable bonds is 1. The monoisotopic (exact) mass is 183 g/mol. The lowest BCUT2D eigenvalue weighted by Crippen LogP contribution is -2.45. The molecule has 0 spiro atoms. The van der Waals surface area contributed by atoms with Crippen molar-refractivity contribution in [3.05, 3.63) is 0 Å². The van der Waals surface area contributed by atoms with Crippen molar-refractivity contribution in [2.45, 2.75) is 50.5 Å². The molecule has 0 aromatic carbocycles. The van der Waals surface area contributed by atoms with E-state index in [4.69, 9.17) is 5.73 Å². The fraction of sp³-hybridized carbons (Fsp3) is 1.00. The van der Waals surface area contributed by atoms with E-state index in [2.05, 4.69) is 0 Å².